The number of aromatic amines is 1. The smallest absolute Gasteiger partial charge is 0.255 e. The van der Waals surface area contributed by atoms with Crippen LogP contribution in [0.2, 0.25) is 0 Å². The van der Waals surface area contributed by atoms with Crippen LogP contribution < -0.4 is 5.32 Å². The van der Waals surface area contributed by atoms with Crippen molar-refractivity contribution in [2.45, 2.75) is 50.6 Å². The number of para-hydroxylation sites is 1. The standard InChI is InChI=1S/C25H27N3O2/c29-23(27-17-8-2-1-3-9-17)14-15-28-24(19-11-4-5-12-20(19)25(28)30)21-16-26-22-13-7-6-10-18(21)22/h4-7,10-13,16-17,24,26H,1-3,8-9,14-15H2,(H,27,29). The Kier molecular flexibility index (Phi) is 5.03. The van der Waals surface area contributed by atoms with E-state index in [-0.39, 0.29) is 17.9 Å². The van der Waals surface area contributed by atoms with Crippen molar-refractivity contribution in [3.05, 3.63) is 71.4 Å². The van der Waals surface area contributed by atoms with Gasteiger partial charge >= 0.3 is 0 Å². The van der Waals surface area contributed by atoms with Gasteiger partial charge in [0, 0.05) is 47.2 Å². The van der Waals surface area contributed by atoms with Gasteiger partial charge < -0.3 is 15.2 Å². The molecule has 1 aliphatic carbocycles. The second-order valence-corrected chi connectivity index (χ2v) is 8.43. The molecule has 2 amide bonds. The van der Waals surface area contributed by atoms with Crippen molar-refractivity contribution in [3.63, 3.8) is 0 Å². The molecule has 1 aliphatic heterocycles. The number of carbonyl (C=O) groups excluding carboxylic acids is 2. The van der Waals surface area contributed by atoms with Gasteiger partial charge in [-0.25, -0.2) is 0 Å². The van der Waals surface area contributed by atoms with Gasteiger partial charge in [0.05, 0.1) is 6.04 Å². The lowest BCUT2D eigenvalue weighted by atomic mass is 9.95. The Bertz CT molecular complexity index is 1080. The minimum atomic E-state index is -0.174. The number of hydrogen-bond donors (Lipinski definition) is 2. The molecule has 5 nitrogen and oxygen atoms in total. The first-order chi connectivity index (χ1) is 14.7. The number of nitrogens with zero attached hydrogens (tertiary/aromatic N) is 1. The van der Waals surface area contributed by atoms with Crippen LogP contribution in [-0.2, 0) is 4.79 Å². The molecule has 1 aromatic heterocycles. The molecule has 1 atom stereocenters. The average Bonchev–Trinajstić information content (AvgIpc) is 3.32. The summed E-state index contributed by atoms with van der Waals surface area (Å²) in [4.78, 5) is 31.0. The van der Waals surface area contributed by atoms with E-state index in [1.807, 2.05) is 53.6 Å². The summed E-state index contributed by atoms with van der Waals surface area (Å²) in [5.41, 5.74) is 3.89. The van der Waals surface area contributed by atoms with Gasteiger partial charge in [0.1, 0.15) is 0 Å². The van der Waals surface area contributed by atoms with Crippen LogP contribution in [-0.4, -0.2) is 34.3 Å². The summed E-state index contributed by atoms with van der Waals surface area (Å²) in [7, 11) is 0. The lowest BCUT2D eigenvalue weighted by Crippen LogP contribution is -2.39. The zero-order chi connectivity index (χ0) is 20.5. The maximum absolute atomic E-state index is 13.2. The molecule has 0 saturated heterocycles. The van der Waals surface area contributed by atoms with Crippen molar-refractivity contribution < 1.29 is 9.59 Å². The molecule has 154 valence electrons. The Morgan fingerprint density at radius 1 is 1.00 bits per heavy atom. The molecule has 30 heavy (non-hydrogen) atoms. The van der Waals surface area contributed by atoms with E-state index in [1.54, 1.807) is 0 Å². The number of hydrogen-bond acceptors (Lipinski definition) is 2. The number of H-pyrrole nitrogens is 1. The predicted molar refractivity (Wildman–Crippen MR) is 117 cm³/mol. The molecule has 2 heterocycles. The summed E-state index contributed by atoms with van der Waals surface area (Å²) in [6.07, 6.45) is 8.10. The first-order valence-electron chi connectivity index (χ1n) is 11.0. The SMILES string of the molecule is O=C(CCN1C(=O)c2ccccc2C1c1c[nH]c2ccccc12)NC1CCCCC1. The van der Waals surface area contributed by atoms with Gasteiger partial charge in [-0.2, -0.15) is 0 Å². The molecule has 1 unspecified atom stereocenters. The van der Waals surface area contributed by atoms with E-state index in [1.165, 1.54) is 19.3 Å². The first kappa shape index (κ1) is 18.9. The van der Waals surface area contributed by atoms with Gasteiger partial charge in [-0.1, -0.05) is 55.7 Å². The molecule has 1 fully saturated rings. The lowest BCUT2D eigenvalue weighted by molar-refractivity contribution is -0.122. The van der Waals surface area contributed by atoms with E-state index in [4.69, 9.17) is 0 Å². The highest BCUT2D eigenvalue weighted by Crippen LogP contribution is 2.41. The molecular weight excluding hydrogens is 374 g/mol. The minimum absolute atomic E-state index is 0.00588. The number of benzene rings is 2. The van der Waals surface area contributed by atoms with Crippen LogP contribution in [0.25, 0.3) is 10.9 Å². The predicted octanol–water partition coefficient (Wildman–Crippen LogP) is 4.55. The Morgan fingerprint density at radius 3 is 2.63 bits per heavy atom. The van der Waals surface area contributed by atoms with Gasteiger partial charge in [-0.15, -0.1) is 0 Å². The molecule has 0 bridgehead atoms. The molecule has 3 aromatic rings. The van der Waals surface area contributed by atoms with E-state index < -0.39 is 0 Å². The number of carbonyl (C=O) groups is 2. The van der Waals surface area contributed by atoms with E-state index in [0.717, 1.165) is 40.4 Å². The number of amides is 2. The van der Waals surface area contributed by atoms with Crippen molar-refractivity contribution >= 4 is 22.7 Å². The summed E-state index contributed by atoms with van der Waals surface area (Å²) >= 11 is 0. The highest BCUT2D eigenvalue weighted by molar-refractivity contribution is 6.01. The molecule has 1 saturated carbocycles. The van der Waals surface area contributed by atoms with Gasteiger partial charge in [0.25, 0.3) is 5.91 Å². The van der Waals surface area contributed by atoms with Gasteiger partial charge in [-0.05, 0) is 30.5 Å². The Balaban J connectivity index is 1.40. The van der Waals surface area contributed by atoms with Crippen LogP contribution in [0.3, 0.4) is 0 Å². The fraction of sp³-hybridized carbons (Fsp3) is 0.360. The van der Waals surface area contributed by atoms with Crippen LogP contribution in [0.1, 0.15) is 66.1 Å². The number of aromatic nitrogens is 1. The van der Waals surface area contributed by atoms with Crippen molar-refractivity contribution in [2.24, 2.45) is 0 Å². The monoisotopic (exact) mass is 401 g/mol. The second-order valence-electron chi connectivity index (χ2n) is 8.43. The minimum Gasteiger partial charge on any atom is -0.361 e. The third-order valence-corrected chi connectivity index (χ3v) is 6.52. The van der Waals surface area contributed by atoms with Crippen molar-refractivity contribution in [2.75, 3.05) is 6.54 Å². The highest BCUT2D eigenvalue weighted by Gasteiger charge is 2.38. The fourth-order valence-corrected chi connectivity index (χ4v) is 5.03. The molecule has 2 aromatic carbocycles. The maximum Gasteiger partial charge on any atom is 0.255 e. The second kappa shape index (κ2) is 7.98. The van der Waals surface area contributed by atoms with Crippen molar-refractivity contribution in [3.8, 4) is 0 Å². The lowest BCUT2D eigenvalue weighted by Gasteiger charge is -2.26. The van der Waals surface area contributed by atoms with Crippen molar-refractivity contribution in [1.29, 1.82) is 0 Å². The number of rotatable bonds is 5. The Labute approximate surface area is 176 Å². The number of nitrogens with one attached hydrogen (secondary N) is 2. The normalized spacial score (nSPS) is 19.3. The van der Waals surface area contributed by atoms with Crippen LogP contribution in [0.5, 0.6) is 0 Å². The summed E-state index contributed by atoms with van der Waals surface area (Å²) in [6, 6.07) is 16.1. The zero-order valence-electron chi connectivity index (χ0n) is 17.1. The molecule has 0 radical (unpaired) electrons. The Morgan fingerprint density at radius 2 is 1.77 bits per heavy atom. The molecule has 0 spiro atoms. The largest absolute Gasteiger partial charge is 0.361 e. The third-order valence-electron chi connectivity index (χ3n) is 6.52. The van der Waals surface area contributed by atoms with Crippen molar-refractivity contribution in [1.82, 2.24) is 15.2 Å². The van der Waals surface area contributed by atoms with Gasteiger partial charge in [0.15, 0.2) is 0 Å². The average molecular weight is 402 g/mol. The quantitative estimate of drug-likeness (QED) is 0.659. The molecule has 5 heteroatoms. The van der Waals surface area contributed by atoms with Gasteiger partial charge in [0.2, 0.25) is 5.91 Å². The van der Waals surface area contributed by atoms with Crippen LogP contribution in [0, 0.1) is 0 Å². The number of fused-ring (bicyclic) bond motifs is 2. The molecular formula is C25H27N3O2. The van der Waals surface area contributed by atoms with Gasteiger partial charge in [-0.3, -0.25) is 9.59 Å². The first-order valence-corrected chi connectivity index (χ1v) is 11.0. The Hall–Kier alpha value is -3.08. The highest BCUT2D eigenvalue weighted by atomic mass is 16.2. The summed E-state index contributed by atoms with van der Waals surface area (Å²) in [5.74, 6) is 0.0506. The molecule has 2 aliphatic rings. The van der Waals surface area contributed by atoms with E-state index in [9.17, 15) is 9.59 Å². The molecule has 5 rings (SSSR count). The third kappa shape index (κ3) is 3.38. The zero-order valence-corrected chi connectivity index (χ0v) is 17.1. The topological polar surface area (TPSA) is 65.2 Å². The van der Waals surface area contributed by atoms with E-state index >= 15 is 0 Å². The van der Waals surface area contributed by atoms with E-state index in [0.29, 0.717) is 19.0 Å². The molecule has 2 N–H and O–H groups in total. The maximum atomic E-state index is 13.2. The summed E-state index contributed by atoms with van der Waals surface area (Å²) < 4.78 is 0. The van der Waals surface area contributed by atoms with Crippen LogP contribution >= 0.6 is 0 Å². The summed E-state index contributed by atoms with van der Waals surface area (Å²) in [6.45, 7) is 0.413. The fourth-order valence-electron chi connectivity index (χ4n) is 5.03. The van der Waals surface area contributed by atoms with Crippen LogP contribution in [0.15, 0.2) is 54.7 Å². The summed E-state index contributed by atoms with van der Waals surface area (Å²) in [5, 5.41) is 4.29. The van der Waals surface area contributed by atoms with Crippen LogP contribution in [0.4, 0.5) is 0 Å². The van der Waals surface area contributed by atoms with E-state index in [2.05, 4.69) is 16.4 Å².